The van der Waals surface area contributed by atoms with E-state index >= 15 is 0 Å². The lowest BCUT2D eigenvalue weighted by Gasteiger charge is -2.42. The Balaban J connectivity index is 1.73. The van der Waals surface area contributed by atoms with Crippen LogP contribution in [-0.2, 0) is 20.7 Å². The Morgan fingerprint density at radius 3 is 0.941 bits per heavy atom. The minimum Gasteiger partial charge on any atom is -0.378 e. The first-order chi connectivity index (χ1) is 16.5. The monoisotopic (exact) mass is 452 g/mol. The molecule has 5 rings (SSSR count). The molecule has 0 bridgehead atoms. The lowest BCUT2D eigenvalue weighted by Crippen LogP contribution is -2.54. The van der Waals surface area contributed by atoms with Crippen LogP contribution in [0, 0.1) is 0 Å². The second-order valence-electron chi connectivity index (χ2n) is 8.68. The minimum atomic E-state index is -1.57. The molecule has 1 aliphatic rings. The fraction of sp³-hybridized carbons (Fsp3) is 0.200. The van der Waals surface area contributed by atoms with Crippen LogP contribution in [0.1, 0.15) is 29.2 Å². The van der Waals surface area contributed by atoms with Crippen molar-refractivity contribution in [3.63, 3.8) is 0 Å². The predicted molar refractivity (Wildman–Crippen MR) is 131 cm³/mol. The molecule has 0 radical (unpaired) electrons. The molecule has 34 heavy (non-hydrogen) atoms. The van der Waals surface area contributed by atoms with Crippen LogP contribution in [0.3, 0.4) is 0 Å². The van der Waals surface area contributed by atoms with Crippen LogP contribution >= 0.6 is 0 Å². The molecule has 0 aliphatic carbocycles. The zero-order valence-corrected chi connectivity index (χ0v) is 19.0. The molecule has 1 aliphatic heterocycles. The lowest BCUT2D eigenvalue weighted by molar-refractivity contribution is -0.110. The Bertz CT molecular complexity index is 1020. The molecule has 0 spiro atoms. The number of hydrogen-bond donors (Lipinski definition) is 2. The zero-order chi connectivity index (χ0) is 23.6. The van der Waals surface area contributed by atoms with Crippen LogP contribution < -0.4 is 0 Å². The summed E-state index contributed by atoms with van der Waals surface area (Å²) in [5, 5.41) is 25.0. The predicted octanol–water partition coefficient (Wildman–Crippen LogP) is 4.99. The highest BCUT2D eigenvalue weighted by molar-refractivity contribution is 5.43. The highest BCUT2D eigenvalue weighted by Gasteiger charge is 2.58. The Kier molecular flexibility index (Phi) is 6.07. The smallest absolute Gasteiger partial charge is 0.156 e. The van der Waals surface area contributed by atoms with Crippen molar-refractivity contribution in [2.45, 2.75) is 36.6 Å². The number of benzene rings is 4. The van der Waals surface area contributed by atoms with Gasteiger partial charge in [0.05, 0.1) is 0 Å². The van der Waals surface area contributed by atoms with Crippen LogP contribution in [-0.4, -0.2) is 28.7 Å². The highest BCUT2D eigenvalue weighted by atomic mass is 16.7. The van der Waals surface area contributed by atoms with E-state index < -0.39 is 29.7 Å². The molecule has 1 saturated heterocycles. The Morgan fingerprint density at radius 2 is 0.706 bits per heavy atom. The van der Waals surface area contributed by atoms with E-state index in [-0.39, 0.29) is 0 Å². The van der Waals surface area contributed by atoms with E-state index in [1.807, 2.05) is 121 Å². The van der Waals surface area contributed by atoms with Crippen LogP contribution in [0.4, 0.5) is 0 Å². The van der Waals surface area contributed by atoms with Gasteiger partial charge in [-0.2, -0.15) is 0 Å². The maximum absolute atomic E-state index is 12.5. The maximum atomic E-state index is 12.5. The summed E-state index contributed by atoms with van der Waals surface area (Å²) in [5.41, 5.74) is -0.491. The first-order valence-corrected chi connectivity index (χ1v) is 11.5. The van der Waals surface area contributed by atoms with Gasteiger partial charge in [-0.05, 0) is 29.2 Å². The number of hydrogen-bond acceptors (Lipinski definition) is 4. The molecular weight excluding hydrogens is 424 g/mol. The zero-order valence-electron chi connectivity index (χ0n) is 19.0. The Morgan fingerprint density at radius 1 is 0.471 bits per heavy atom. The molecule has 0 amide bonds. The van der Waals surface area contributed by atoms with Crippen molar-refractivity contribution >= 4 is 0 Å². The fourth-order valence-corrected chi connectivity index (χ4v) is 4.98. The largest absolute Gasteiger partial charge is 0.378 e. The number of aliphatic hydroxyl groups is 2. The maximum Gasteiger partial charge on any atom is 0.156 e. The van der Waals surface area contributed by atoms with E-state index in [1.165, 1.54) is 0 Å². The van der Waals surface area contributed by atoms with Gasteiger partial charge in [-0.3, -0.25) is 0 Å². The van der Waals surface area contributed by atoms with Gasteiger partial charge < -0.3 is 19.7 Å². The molecule has 4 aromatic carbocycles. The quantitative estimate of drug-likeness (QED) is 0.433. The second kappa shape index (κ2) is 9.16. The average Bonchev–Trinajstić information content (AvgIpc) is 3.32. The van der Waals surface area contributed by atoms with E-state index in [9.17, 15) is 10.2 Å². The molecule has 2 N–H and O–H groups in total. The summed E-state index contributed by atoms with van der Waals surface area (Å²) in [5.74, 6) is 0. The molecule has 4 aromatic rings. The number of rotatable bonds is 6. The molecule has 0 unspecified atom stereocenters. The van der Waals surface area contributed by atoms with Crippen LogP contribution in [0.2, 0.25) is 0 Å². The van der Waals surface area contributed by atoms with Gasteiger partial charge in [0.2, 0.25) is 0 Å². The number of ether oxygens (including phenoxy) is 2. The van der Waals surface area contributed by atoms with Gasteiger partial charge >= 0.3 is 0 Å². The van der Waals surface area contributed by atoms with E-state index in [2.05, 4.69) is 0 Å². The minimum absolute atomic E-state index is 0.632. The summed E-state index contributed by atoms with van der Waals surface area (Å²) >= 11 is 0. The Hall–Kier alpha value is -3.28. The normalized spacial score (nSPS) is 19.3. The molecule has 1 heterocycles. The summed E-state index contributed by atoms with van der Waals surface area (Å²) in [6.07, 6.45) is -2.44. The van der Waals surface area contributed by atoms with Gasteiger partial charge in [0.1, 0.15) is 23.4 Å². The van der Waals surface area contributed by atoms with Crippen molar-refractivity contribution < 1.29 is 19.7 Å². The van der Waals surface area contributed by atoms with Crippen molar-refractivity contribution in [3.8, 4) is 0 Å². The highest BCUT2D eigenvalue weighted by Crippen LogP contribution is 2.47. The molecule has 4 nitrogen and oxygen atoms in total. The van der Waals surface area contributed by atoms with E-state index in [4.69, 9.17) is 9.47 Å². The fourth-order valence-electron chi connectivity index (χ4n) is 4.98. The van der Waals surface area contributed by atoms with Crippen molar-refractivity contribution in [3.05, 3.63) is 144 Å². The molecule has 0 aromatic heterocycles. The SMILES string of the molecule is CC1O[C@@H](C(O)(c2ccccc2)c2ccccc2)[C@H](C(O)(c2ccccc2)c2ccccc2)O1. The van der Waals surface area contributed by atoms with Gasteiger partial charge in [-0.25, -0.2) is 0 Å². The van der Waals surface area contributed by atoms with Crippen molar-refractivity contribution in [2.75, 3.05) is 0 Å². The van der Waals surface area contributed by atoms with Gasteiger partial charge in [0, 0.05) is 0 Å². The van der Waals surface area contributed by atoms with Gasteiger partial charge in [0.15, 0.2) is 6.29 Å². The lowest BCUT2D eigenvalue weighted by atomic mass is 9.72. The summed E-state index contributed by atoms with van der Waals surface area (Å²) < 4.78 is 12.6. The first kappa shape index (κ1) is 22.5. The van der Waals surface area contributed by atoms with Gasteiger partial charge in [0.25, 0.3) is 0 Å². The van der Waals surface area contributed by atoms with E-state index in [0.717, 1.165) is 0 Å². The summed E-state index contributed by atoms with van der Waals surface area (Å²) in [7, 11) is 0. The van der Waals surface area contributed by atoms with Crippen molar-refractivity contribution in [2.24, 2.45) is 0 Å². The third kappa shape index (κ3) is 3.75. The summed E-state index contributed by atoms with van der Waals surface area (Å²) in [6.45, 7) is 1.79. The molecular formula is C30H28O4. The molecule has 1 fully saturated rings. The average molecular weight is 453 g/mol. The first-order valence-electron chi connectivity index (χ1n) is 11.5. The van der Waals surface area contributed by atoms with E-state index in [0.29, 0.717) is 22.3 Å². The van der Waals surface area contributed by atoms with Crippen molar-refractivity contribution in [1.82, 2.24) is 0 Å². The molecule has 4 heteroatoms. The van der Waals surface area contributed by atoms with Crippen molar-refractivity contribution in [1.29, 1.82) is 0 Å². The summed E-state index contributed by atoms with van der Waals surface area (Å²) in [6, 6.07) is 37.7. The van der Waals surface area contributed by atoms with Gasteiger partial charge in [-0.1, -0.05) is 121 Å². The van der Waals surface area contributed by atoms with Gasteiger partial charge in [-0.15, -0.1) is 0 Å². The molecule has 172 valence electrons. The second-order valence-corrected chi connectivity index (χ2v) is 8.68. The van der Waals surface area contributed by atoms with E-state index in [1.54, 1.807) is 6.92 Å². The summed E-state index contributed by atoms with van der Waals surface area (Å²) in [4.78, 5) is 0. The third-order valence-electron chi connectivity index (χ3n) is 6.63. The van der Waals surface area contributed by atoms with Crippen LogP contribution in [0.25, 0.3) is 0 Å². The molecule has 0 saturated carbocycles. The standard InChI is InChI=1S/C30H28O4/c1-22-33-27(29(31,23-14-6-2-7-15-23)24-16-8-3-9-17-24)28(34-22)30(32,25-18-10-4-11-19-25)26-20-12-5-13-21-26/h2-22,27-28,31-32H,1H3/t27-,28-/m1/s1. The topological polar surface area (TPSA) is 58.9 Å². The molecule has 2 atom stereocenters. The Labute approximate surface area is 200 Å². The van der Waals surface area contributed by atoms with Crippen LogP contribution in [0.5, 0.6) is 0 Å². The van der Waals surface area contributed by atoms with Crippen LogP contribution in [0.15, 0.2) is 121 Å². The third-order valence-corrected chi connectivity index (χ3v) is 6.63.